The largest absolute Gasteiger partial charge is 0.330 e. The summed E-state index contributed by atoms with van der Waals surface area (Å²) in [6.45, 7) is 5.08. The van der Waals surface area contributed by atoms with E-state index in [9.17, 15) is 0 Å². The third-order valence-electron chi connectivity index (χ3n) is 4.05. The molecule has 0 bridgehead atoms. The van der Waals surface area contributed by atoms with Gasteiger partial charge in [0.2, 0.25) is 0 Å². The summed E-state index contributed by atoms with van der Waals surface area (Å²) in [5.74, 6) is 1.53. The van der Waals surface area contributed by atoms with E-state index in [1.807, 2.05) is 11.6 Å². The molecule has 18 heavy (non-hydrogen) atoms. The van der Waals surface area contributed by atoms with E-state index in [0.29, 0.717) is 23.7 Å². The molecule has 1 fully saturated rings. The van der Waals surface area contributed by atoms with E-state index in [1.165, 1.54) is 19.3 Å². The quantitative estimate of drug-likeness (QED) is 0.916. The summed E-state index contributed by atoms with van der Waals surface area (Å²) in [6.07, 6.45) is 5.43. The lowest BCUT2D eigenvalue weighted by molar-refractivity contribution is 0.155. The molecule has 4 nitrogen and oxygen atoms in total. The number of aromatic nitrogens is 2. The standard InChI is InChI=1S/C13H23ClN4/c1-3-18-7-5-4-6-10(8-15)12(18)13-16-9-11(14)17(13)2/h9-10,12H,3-8,15H2,1-2H3. The fraction of sp³-hybridized carbons (Fsp3) is 0.769. The Hall–Kier alpha value is -0.580. The molecule has 5 heteroatoms. The van der Waals surface area contributed by atoms with Gasteiger partial charge in [-0.3, -0.25) is 4.90 Å². The topological polar surface area (TPSA) is 47.1 Å². The second-order valence-corrected chi connectivity index (χ2v) is 5.45. The molecule has 0 radical (unpaired) electrons. The molecular formula is C13H23ClN4. The molecule has 0 aliphatic carbocycles. The van der Waals surface area contributed by atoms with Crippen molar-refractivity contribution in [1.82, 2.24) is 14.5 Å². The van der Waals surface area contributed by atoms with Crippen LogP contribution in [0.4, 0.5) is 0 Å². The summed E-state index contributed by atoms with van der Waals surface area (Å²) >= 11 is 6.12. The first-order valence-corrected chi connectivity index (χ1v) is 7.18. The van der Waals surface area contributed by atoms with Gasteiger partial charge in [-0.05, 0) is 38.4 Å². The van der Waals surface area contributed by atoms with Gasteiger partial charge < -0.3 is 10.3 Å². The molecule has 0 aromatic carbocycles. The van der Waals surface area contributed by atoms with Gasteiger partial charge in [-0.2, -0.15) is 0 Å². The minimum Gasteiger partial charge on any atom is -0.330 e. The summed E-state index contributed by atoms with van der Waals surface area (Å²) in [4.78, 5) is 7.00. The monoisotopic (exact) mass is 270 g/mol. The number of halogens is 1. The Morgan fingerprint density at radius 3 is 2.83 bits per heavy atom. The van der Waals surface area contributed by atoms with Crippen LogP contribution < -0.4 is 5.73 Å². The Labute approximate surface area is 114 Å². The van der Waals surface area contributed by atoms with Crippen LogP contribution in [0.25, 0.3) is 0 Å². The van der Waals surface area contributed by atoms with Crippen molar-refractivity contribution in [1.29, 1.82) is 0 Å². The number of nitrogens with two attached hydrogens (primary N) is 1. The predicted molar refractivity (Wildman–Crippen MR) is 74.6 cm³/mol. The Bertz CT molecular complexity index is 376. The molecular weight excluding hydrogens is 248 g/mol. The van der Waals surface area contributed by atoms with Crippen LogP contribution in [0.5, 0.6) is 0 Å². The molecule has 1 aliphatic rings. The first kappa shape index (κ1) is 13.8. The van der Waals surface area contributed by atoms with Crippen molar-refractivity contribution in [3.8, 4) is 0 Å². The first-order valence-electron chi connectivity index (χ1n) is 6.80. The maximum atomic E-state index is 6.12. The summed E-state index contributed by atoms with van der Waals surface area (Å²) in [6, 6.07) is 0.306. The number of hydrogen-bond acceptors (Lipinski definition) is 3. The molecule has 1 saturated heterocycles. The molecule has 0 spiro atoms. The summed E-state index contributed by atoms with van der Waals surface area (Å²) in [5.41, 5.74) is 5.98. The van der Waals surface area contributed by atoms with Gasteiger partial charge in [0.25, 0.3) is 0 Å². The van der Waals surface area contributed by atoms with Crippen molar-refractivity contribution < 1.29 is 0 Å². The molecule has 1 aromatic rings. The highest BCUT2D eigenvalue weighted by atomic mass is 35.5. The second kappa shape index (κ2) is 6.04. The van der Waals surface area contributed by atoms with Crippen molar-refractivity contribution in [3.63, 3.8) is 0 Å². The summed E-state index contributed by atoms with van der Waals surface area (Å²) in [7, 11) is 1.98. The van der Waals surface area contributed by atoms with E-state index in [2.05, 4.69) is 16.8 Å². The van der Waals surface area contributed by atoms with Crippen molar-refractivity contribution in [2.75, 3.05) is 19.6 Å². The minimum atomic E-state index is 0.306. The molecule has 1 aromatic heterocycles. The number of nitrogens with zero attached hydrogens (tertiary/aromatic N) is 3. The second-order valence-electron chi connectivity index (χ2n) is 5.06. The first-order chi connectivity index (χ1) is 8.69. The van der Waals surface area contributed by atoms with Gasteiger partial charge >= 0.3 is 0 Å². The van der Waals surface area contributed by atoms with Gasteiger partial charge in [-0.25, -0.2) is 4.98 Å². The highest BCUT2D eigenvalue weighted by Crippen LogP contribution is 2.34. The normalized spacial score (nSPS) is 26.2. The molecule has 102 valence electrons. The van der Waals surface area contributed by atoms with Gasteiger partial charge in [-0.1, -0.05) is 24.9 Å². The van der Waals surface area contributed by atoms with Crippen LogP contribution in [-0.2, 0) is 7.05 Å². The van der Waals surface area contributed by atoms with Crippen LogP contribution in [0.2, 0.25) is 5.15 Å². The summed E-state index contributed by atoms with van der Waals surface area (Å²) in [5, 5.41) is 0.695. The van der Waals surface area contributed by atoms with E-state index in [-0.39, 0.29) is 0 Å². The zero-order valence-corrected chi connectivity index (χ0v) is 12.0. The fourth-order valence-corrected chi connectivity index (χ4v) is 3.10. The zero-order chi connectivity index (χ0) is 13.1. The molecule has 2 rings (SSSR count). The van der Waals surface area contributed by atoms with E-state index < -0.39 is 0 Å². The van der Waals surface area contributed by atoms with Crippen molar-refractivity contribution >= 4 is 11.6 Å². The lowest BCUT2D eigenvalue weighted by Gasteiger charge is -2.33. The fourth-order valence-electron chi connectivity index (χ4n) is 2.97. The number of likely N-dealkylation sites (tertiary alicyclic amines) is 1. The van der Waals surface area contributed by atoms with Crippen LogP contribution in [0.15, 0.2) is 6.20 Å². The van der Waals surface area contributed by atoms with Gasteiger partial charge in [0, 0.05) is 7.05 Å². The Morgan fingerprint density at radius 1 is 1.50 bits per heavy atom. The molecule has 2 unspecified atom stereocenters. The highest BCUT2D eigenvalue weighted by Gasteiger charge is 2.32. The summed E-state index contributed by atoms with van der Waals surface area (Å²) < 4.78 is 1.99. The maximum absolute atomic E-state index is 6.12. The third-order valence-corrected chi connectivity index (χ3v) is 4.40. The van der Waals surface area contributed by atoms with E-state index in [4.69, 9.17) is 17.3 Å². The van der Waals surface area contributed by atoms with Crippen molar-refractivity contribution in [2.45, 2.75) is 32.2 Å². The predicted octanol–water partition coefficient (Wildman–Crippen LogP) is 2.20. The molecule has 2 atom stereocenters. The average molecular weight is 271 g/mol. The van der Waals surface area contributed by atoms with Crippen molar-refractivity contribution in [2.24, 2.45) is 18.7 Å². The highest BCUT2D eigenvalue weighted by molar-refractivity contribution is 6.29. The van der Waals surface area contributed by atoms with Gasteiger partial charge in [0.1, 0.15) is 11.0 Å². The molecule has 2 heterocycles. The lowest BCUT2D eigenvalue weighted by Crippen LogP contribution is -2.37. The number of imidazole rings is 1. The van der Waals surface area contributed by atoms with Crippen LogP contribution in [0.3, 0.4) is 0 Å². The molecule has 0 saturated carbocycles. The molecule has 2 N–H and O–H groups in total. The van der Waals surface area contributed by atoms with E-state index in [1.54, 1.807) is 6.20 Å². The van der Waals surface area contributed by atoms with Crippen molar-refractivity contribution in [3.05, 3.63) is 17.2 Å². The van der Waals surface area contributed by atoms with Crippen LogP contribution in [-0.4, -0.2) is 34.1 Å². The number of rotatable bonds is 3. The molecule has 0 amide bonds. The van der Waals surface area contributed by atoms with Gasteiger partial charge in [0.15, 0.2) is 0 Å². The van der Waals surface area contributed by atoms with Crippen LogP contribution in [0.1, 0.15) is 38.1 Å². The lowest BCUT2D eigenvalue weighted by atomic mass is 9.94. The Balaban J connectivity index is 2.36. The Kier molecular flexibility index (Phi) is 4.65. The van der Waals surface area contributed by atoms with E-state index >= 15 is 0 Å². The van der Waals surface area contributed by atoms with Crippen LogP contribution in [0, 0.1) is 5.92 Å². The van der Waals surface area contributed by atoms with Crippen LogP contribution >= 0.6 is 11.6 Å². The number of hydrogen-bond donors (Lipinski definition) is 1. The maximum Gasteiger partial charge on any atom is 0.128 e. The van der Waals surface area contributed by atoms with E-state index in [0.717, 1.165) is 18.9 Å². The zero-order valence-electron chi connectivity index (χ0n) is 11.3. The minimum absolute atomic E-state index is 0.306. The van der Waals surface area contributed by atoms with Gasteiger partial charge in [-0.15, -0.1) is 0 Å². The smallest absolute Gasteiger partial charge is 0.128 e. The SMILES string of the molecule is CCN1CCCCC(CN)C1c1ncc(Cl)n1C. The molecule has 1 aliphatic heterocycles. The van der Waals surface area contributed by atoms with Gasteiger partial charge in [0.05, 0.1) is 12.2 Å². The third kappa shape index (κ3) is 2.56. The Morgan fingerprint density at radius 2 is 2.28 bits per heavy atom. The average Bonchev–Trinajstić information content (AvgIpc) is 2.62.